The second-order valence-electron chi connectivity index (χ2n) is 8.00. The van der Waals surface area contributed by atoms with E-state index in [1.54, 1.807) is 0 Å². The van der Waals surface area contributed by atoms with Crippen LogP contribution in [0.5, 0.6) is 0 Å². The molecule has 1 aromatic carbocycles. The highest BCUT2D eigenvalue weighted by Crippen LogP contribution is 2.34. The van der Waals surface area contributed by atoms with Crippen LogP contribution in [0.3, 0.4) is 0 Å². The van der Waals surface area contributed by atoms with Gasteiger partial charge in [-0.25, -0.2) is 0 Å². The summed E-state index contributed by atoms with van der Waals surface area (Å²) in [6, 6.07) is 9.04. The third kappa shape index (κ3) is 7.17. The maximum atomic E-state index is 4.24. The number of benzene rings is 1. The van der Waals surface area contributed by atoms with Crippen LogP contribution >= 0.6 is 11.8 Å². The van der Waals surface area contributed by atoms with E-state index in [1.165, 1.54) is 46.1 Å². The zero-order chi connectivity index (χ0) is 23.3. The van der Waals surface area contributed by atoms with Gasteiger partial charge in [-0.05, 0) is 73.8 Å². The Morgan fingerprint density at radius 2 is 1.69 bits per heavy atom. The Labute approximate surface area is 201 Å². The minimum absolute atomic E-state index is 0.432. The first kappa shape index (κ1) is 26.1. The Hall–Kier alpha value is -2.19. The lowest BCUT2D eigenvalue weighted by Crippen LogP contribution is -2.23. The number of thioether (sulfide) groups is 1. The highest BCUT2D eigenvalue weighted by atomic mass is 32.2. The molecule has 0 aliphatic heterocycles. The molecule has 0 fully saturated rings. The van der Waals surface area contributed by atoms with E-state index in [4.69, 9.17) is 0 Å². The Morgan fingerprint density at radius 1 is 1.03 bits per heavy atom. The smallest absolute Gasteiger partial charge is 0.0462 e. The van der Waals surface area contributed by atoms with E-state index in [9.17, 15) is 0 Å². The van der Waals surface area contributed by atoms with Crippen LogP contribution in [0.25, 0.3) is 0 Å². The van der Waals surface area contributed by atoms with Crippen molar-refractivity contribution >= 4 is 17.4 Å². The molecule has 2 heteroatoms. The predicted molar refractivity (Wildman–Crippen MR) is 146 cm³/mol. The SMILES string of the molecule is C=CC1C=CC(N(C2=CCC(C(=C)CC)C=C2)c2ccc(SCCCC)cc2)=CC1.CC. The molecule has 1 aromatic rings. The third-order valence-electron chi connectivity index (χ3n) is 5.85. The summed E-state index contributed by atoms with van der Waals surface area (Å²) < 4.78 is 0. The average molecular weight is 448 g/mol. The summed E-state index contributed by atoms with van der Waals surface area (Å²) in [5.74, 6) is 2.08. The van der Waals surface area contributed by atoms with Gasteiger partial charge in [-0.1, -0.05) is 76.6 Å². The van der Waals surface area contributed by atoms with E-state index in [0.717, 1.165) is 19.3 Å². The highest BCUT2D eigenvalue weighted by molar-refractivity contribution is 7.99. The van der Waals surface area contributed by atoms with E-state index in [-0.39, 0.29) is 0 Å². The van der Waals surface area contributed by atoms with Crippen molar-refractivity contribution in [2.45, 2.75) is 64.7 Å². The van der Waals surface area contributed by atoms with Crippen molar-refractivity contribution in [2.24, 2.45) is 11.8 Å². The van der Waals surface area contributed by atoms with Gasteiger partial charge in [0.15, 0.2) is 0 Å². The van der Waals surface area contributed by atoms with Crippen LogP contribution in [0.15, 0.2) is 102 Å². The standard InChI is InChI=1S/C28H35NS.C2H6/c1-5-8-21-30-28-19-17-27(18-20-28)29(25-13-9-23(7-3)10-14-25)26-15-11-24(12-16-26)22(4)6-2;1-2/h7,9,11,13-20,23-24H,3-6,8,10,12,21H2,1-2H3;1-2H3. The number of hydrogen-bond acceptors (Lipinski definition) is 2. The van der Waals surface area contributed by atoms with Gasteiger partial charge in [0.1, 0.15) is 0 Å². The zero-order valence-electron chi connectivity index (χ0n) is 20.5. The molecule has 0 aromatic heterocycles. The molecule has 1 nitrogen and oxygen atoms in total. The van der Waals surface area contributed by atoms with Crippen LogP contribution in [0.1, 0.15) is 59.8 Å². The van der Waals surface area contributed by atoms with Crippen LogP contribution in [-0.2, 0) is 0 Å². The molecule has 0 N–H and O–H groups in total. The fraction of sp³-hybridized carbons (Fsp3) is 0.400. The quantitative estimate of drug-likeness (QED) is 0.199. The second kappa shape index (κ2) is 14.1. The van der Waals surface area contributed by atoms with E-state index < -0.39 is 0 Å². The molecule has 0 bridgehead atoms. The van der Waals surface area contributed by atoms with Gasteiger partial charge in [0.25, 0.3) is 0 Å². The largest absolute Gasteiger partial charge is 0.311 e. The van der Waals surface area contributed by atoms with Gasteiger partial charge in [0.05, 0.1) is 0 Å². The maximum Gasteiger partial charge on any atom is 0.0462 e. The summed E-state index contributed by atoms with van der Waals surface area (Å²) in [7, 11) is 0. The van der Waals surface area contributed by atoms with Gasteiger partial charge in [-0.2, -0.15) is 0 Å². The van der Waals surface area contributed by atoms with Crippen molar-refractivity contribution in [2.75, 3.05) is 10.7 Å². The van der Waals surface area contributed by atoms with Crippen molar-refractivity contribution in [3.05, 3.63) is 96.9 Å². The van der Waals surface area contributed by atoms with Crippen LogP contribution in [0.2, 0.25) is 0 Å². The Morgan fingerprint density at radius 3 is 2.19 bits per heavy atom. The number of unbranched alkanes of at least 4 members (excludes halogenated alkanes) is 1. The van der Waals surface area contributed by atoms with Crippen LogP contribution in [0.4, 0.5) is 5.69 Å². The van der Waals surface area contributed by atoms with E-state index in [1.807, 2.05) is 31.7 Å². The van der Waals surface area contributed by atoms with Gasteiger partial charge in [-0.15, -0.1) is 18.3 Å². The van der Waals surface area contributed by atoms with Gasteiger partial charge >= 0.3 is 0 Å². The summed E-state index contributed by atoms with van der Waals surface area (Å²) in [4.78, 5) is 3.73. The number of anilines is 1. The van der Waals surface area contributed by atoms with E-state index in [0.29, 0.717) is 11.8 Å². The van der Waals surface area contributed by atoms with E-state index >= 15 is 0 Å². The number of hydrogen-bond donors (Lipinski definition) is 0. The normalized spacial score (nSPS) is 19.4. The van der Waals surface area contributed by atoms with Gasteiger partial charge < -0.3 is 4.90 Å². The first-order chi connectivity index (χ1) is 15.7. The molecule has 172 valence electrons. The Kier molecular flexibility index (Phi) is 11.5. The summed E-state index contributed by atoms with van der Waals surface area (Å²) >= 11 is 1.95. The molecule has 0 amide bonds. The molecule has 0 saturated heterocycles. The lowest BCUT2D eigenvalue weighted by atomic mass is 9.90. The first-order valence-electron chi connectivity index (χ1n) is 12.3. The van der Waals surface area contributed by atoms with Crippen molar-refractivity contribution in [1.82, 2.24) is 0 Å². The minimum atomic E-state index is 0.432. The summed E-state index contributed by atoms with van der Waals surface area (Å²) in [5.41, 5.74) is 5.01. The molecule has 0 spiro atoms. The zero-order valence-corrected chi connectivity index (χ0v) is 21.3. The summed E-state index contributed by atoms with van der Waals surface area (Å²) in [6.07, 6.45) is 21.4. The number of rotatable bonds is 10. The molecule has 2 atom stereocenters. The Balaban J connectivity index is 0.00000176. The van der Waals surface area contributed by atoms with Crippen molar-refractivity contribution < 1.29 is 0 Å². The van der Waals surface area contributed by atoms with Gasteiger partial charge in [-0.3, -0.25) is 0 Å². The average Bonchev–Trinajstić information content (AvgIpc) is 2.87. The fourth-order valence-corrected chi connectivity index (χ4v) is 4.78. The van der Waals surface area contributed by atoms with Crippen LogP contribution in [-0.4, -0.2) is 5.75 Å². The molecule has 2 unspecified atom stereocenters. The topological polar surface area (TPSA) is 3.24 Å². The first-order valence-corrected chi connectivity index (χ1v) is 13.2. The molecule has 0 heterocycles. The van der Waals surface area contributed by atoms with Gasteiger partial charge in [0.2, 0.25) is 0 Å². The van der Waals surface area contributed by atoms with Gasteiger partial charge in [0, 0.05) is 27.9 Å². The Bertz CT molecular complexity index is 853. The fourth-order valence-electron chi connectivity index (χ4n) is 3.78. The molecule has 0 saturated carbocycles. The second-order valence-corrected chi connectivity index (χ2v) is 9.17. The minimum Gasteiger partial charge on any atom is -0.311 e. The monoisotopic (exact) mass is 447 g/mol. The van der Waals surface area contributed by atoms with Crippen LogP contribution in [0, 0.1) is 11.8 Å². The third-order valence-corrected chi connectivity index (χ3v) is 6.95. The molecule has 2 aliphatic carbocycles. The van der Waals surface area contributed by atoms with Crippen molar-refractivity contribution in [3.8, 4) is 0 Å². The predicted octanol–water partition coefficient (Wildman–Crippen LogP) is 9.48. The lowest BCUT2D eigenvalue weighted by molar-refractivity contribution is 0.727. The summed E-state index contributed by atoms with van der Waals surface area (Å²) in [6.45, 7) is 16.6. The molecule has 0 radical (unpaired) electrons. The molecular weight excluding hydrogens is 406 g/mol. The lowest BCUT2D eigenvalue weighted by Gasteiger charge is -2.31. The van der Waals surface area contributed by atoms with E-state index in [2.05, 4.69) is 92.6 Å². The van der Waals surface area contributed by atoms with Crippen molar-refractivity contribution in [1.29, 1.82) is 0 Å². The maximum absolute atomic E-state index is 4.24. The van der Waals surface area contributed by atoms with Crippen LogP contribution < -0.4 is 4.90 Å². The highest BCUT2D eigenvalue weighted by Gasteiger charge is 2.20. The molecule has 3 rings (SSSR count). The van der Waals surface area contributed by atoms with Crippen molar-refractivity contribution in [3.63, 3.8) is 0 Å². The molecular formula is C30H41NS. The number of allylic oxidation sites excluding steroid dienone is 8. The molecule has 32 heavy (non-hydrogen) atoms. The molecule has 2 aliphatic rings. The summed E-state index contributed by atoms with van der Waals surface area (Å²) in [5, 5.41) is 0. The number of nitrogens with zero attached hydrogens (tertiary/aromatic N) is 1.